The first-order chi connectivity index (χ1) is 21.7. The van der Waals surface area contributed by atoms with Gasteiger partial charge in [-0.3, -0.25) is 4.79 Å². The van der Waals surface area contributed by atoms with Gasteiger partial charge < -0.3 is 15.0 Å². The van der Waals surface area contributed by atoms with E-state index in [-0.39, 0.29) is 12.5 Å². The second-order valence-electron chi connectivity index (χ2n) is 12.7. The van der Waals surface area contributed by atoms with Crippen molar-refractivity contribution < 1.29 is 31.1 Å². The van der Waals surface area contributed by atoms with Crippen molar-refractivity contribution in [3.05, 3.63) is 95.1 Å². The topological polar surface area (TPSA) is 87.7 Å². The zero-order valence-electron chi connectivity index (χ0n) is 26.8. The first kappa shape index (κ1) is 35.4. The zero-order chi connectivity index (χ0) is 33.5. The van der Waals surface area contributed by atoms with Gasteiger partial charge in [0, 0.05) is 38.0 Å². The Balaban J connectivity index is 1.46. The fourth-order valence-corrected chi connectivity index (χ4v) is 7.03. The molecule has 1 heterocycles. The Labute approximate surface area is 270 Å². The predicted octanol–water partition coefficient (Wildman–Crippen LogP) is 6.91. The molecule has 0 unspecified atom stereocenters. The van der Waals surface area contributed by atoms with Crippen LogP contribution >= 0.6 is 0 Å². The van der Waals surface area contributed by atoms with Crippen molar-refractivity contribution in [2.45, 2.75) is 70.1 Å². The standard InChI is InChI=1S/C35H44F3N3O4S/c1-24(2)22-41(23-25(3)4)17-15-26-13-14-30-31(16-18-45-33(30)19-26)39-34(42)21-32(27-9-6-5-7-10-27)40-46(43,44)29-12-8-11-28(20-29)35(36,37)38/h5-14,19-20,24-25,31-32,40H,15-18,21-23H2,1-4H3,(H,39,42)/t31-,32-/m1/s1. The summed E-state index contributed by atoms with van der Waals surface area (Å²) in [6.07, 6.45) is -3.54. The lowest BCUT2D eigenvalue weighted by Gasteiger charge is -2.29. The molecule has 0 saturated heterocycles. The van der Waals surface area contributed by atoms with Gasteiger partial charge in [-0.25, -0.2) is 13.1 Å². The van der Waals surface area contributed by atoms with Gasteiger partial charge in [0.15, 0.2) is 0 Å². The number of nitrogens with zero attached hydrogens (tertiary/aromatic N) is 1. The molecule has 2 atom stereocenters. The summed E-state index contributed by atoms with van der Waals surface area (Å²) >= 11 is 0. The molecule has 0 aliphatic carbocycles. The number of carbonyl (C=O) groups excluding carboxylic acids is 1. The molecule has 0 spiro atoms. The van der Waals surface area contributed by atoms with E-state index in [1.807, 2.05) is 12.1 Å². The summed E-state index contributed by atoms with van der Waals surface area (Å²) in [5.74, 6) is 1.47. The van der Waals surface area contributed by atoms with Crippen molar-refractivity contribution in [2.75, 3.05) is 26.2 Å². The molecule has 4 rings (SSSR count). The molecule has 250 valence electrons. The molecule has 0 fully saturated rings. The third-order valence-electron chi connectivity index (χ3n) is 7.78. The monoisotopic (exact) mass is 659 g/mol. The average molecular weight is 660 g/mol. The Morgan fingerprint density at radius 2 is 1.65 bits per heavy atom. The van der Waals surface area contributed by atoms with Crippen LogP contribution in [0.25, 0.3) is 0 Å². The predicted molar refractivity (Wildman–Crippen MR) is 173 cm³/mol. The summed E-state index contributed by atoms with van der Waals surface area (Å²) in [7, 11) is -4.40. The molecule has 3 aromatic carbocycles. The summed E-state index contributed by atoms with van der Waals surface area (Å²) in [6.45, 7) is 12.3. The Bertz CT molecular complexity index is 1550. The SMILES string of the molecule is CC(C)CN(CCc1ccc2c(c1)OCC[C@H]2NC(=O)C[C@@H](NS(=O)(=O)c1cccc(C(F)(F)F)c1)c1ccccc1)CC(C)C. The minimum absolute atomic E-state index is 0.255. The van der Waals surface area contributed by atoms with Gasteiger partial charge in [-0.2, -0.15) is 13.2 Å². The van der Waals surface area contributed by atoms with E-state index in [9.17, 15) is 26.4 Å². The van der Waals surface area contributed by atoms with E-state index in [1.54, 1.807) is 30.3 Å². The van der Waals surface area contributed by atoms with Crippen molar-refractivity contribution in [2.24, 2.45) is 11.8 Å². The molecule has 0 aromatic heterocycles. The van der Waals surface area contributed by atoms with Crippen LogP contribution in [-0.4, -0.2) is 45.5 Å². The second kappa shape index (κ2) is 15.5. The molecule has 1 aliphatic heterocycles. The molecule has 3 aromatic rings. The highest BCUT2D eigenvalue weighted by atomic mass is 32.2. The quantitative estimate of drug-likeness (QED) is 0.196. The minimum Gasteiger partial charge on any atom is -0.493 e. The maximum absolute atomic E-state index is 13.4. The summed E-state index contributed by atoms with van der Waals surface area (Å²) < 4.78 is 74.7. The Hall–Kier alpha value is -3.41. The fourth-order valence-electron chi connectivity index (χ4n) is 5.76. The molecule has 1 aliphatic rings. The van der Waals surface area contributed by atoms with Crippen molar-refractivity contribution in [3.63, 3.8) is 0 Å². The first-order valence-corrected chi connectivity index (χ1v) is 17.2. The maximum Gasteiger partial charge on any atom is 0.416 e. The maximum atomic E-state index is 13.4. The fraction of sp³-hybridized carbons (Fsp3) is 0.457. The second-order valence-corrected chi connectivity index (χ2v) is 14.5. The van der Waals surface area contributed by atoms with Crippen LogP contribution in [0.15, 0.2) is 77.7 Å². The van der Waals surface area contributed by atoms with Gasteiger partial charge in [0.1, 0.15) is 5.75 Å². The van der Waals surface area contributed by atoms with Crippen LogP contribution in [0.2, 0.25) is 0 Å². The third-order valence-corrected chi connectivity index (χ3v) is 9.25. The minimum atomic E-state index is -4.70. The lowest BCUT2D eigenvalue weighted by Crippen LogP contribution is -2.36. The van der Waals surface area contributed by atoms with Crippen LogP contribution in [-0.2, 0) is 27.4 Å². The molecule has 0 radical (unpaired) electrons. The number of rotatable bonds is 14. The lowest BCUT2D eigenvalue weighted by molar-refractivity contribution is -0.137. The molecule has 46 heavy (non-hydrogen) atoms. The van der Waals surface area contributed by atoms with Crippen LogP contribution in [0.4, 0.5) is 13.2 Å². The molecular weight excluding hydrogens is 615 g/mol. The molecule has 2 N–H and O–H groups in total. The number of carbonyl (C=O) groups is 1. The molecular formula is C35H44F3N3O4S. The van der Waals surface area contributed by atoms with E-state index >= 15 is 0 Å². The van der Waals surface area contributed by atoms with E-state index in [1.165, 1.54) is 0 Å². The van der Waals surface area contributed by atoms with Gasteiger partial charge in [0.05, 0.1) is 29.1 Å². The number of nitrogens with one attached hydrogen (secondary N) is 2. The summed E-state index contributed by atoms with van der Waals surface area (Å²) in [6, 6.07) is 16.8. The average Bonchev–Trinajstić information content (AvgIpc) is 2.99. The zero-order valence-corrected chi connectivity index (χ0v) is 27.6. The largest absolute Gasteiger partial charge is 0.493 e. The number of sulfonamides is 1. The van der Waals surface area contributed by atoms with Crippen LogP contribution < -0.4 is 14.8 Å². The third kappa shape index (κ3) is 10.0. The summed E-state index contributed by atoms with van der Waals surface area (Å²) in [5.41, 5.74) is 1.44. The van der Waals surface area contributed by atoms with Crippen LogP contribution in [0, 0.1) is 11.8 Å². The number of hydrogen-bond acceptors (Lipinski definition) is 5. The normalized spacial score (nSPS) is 15.9. The molecule has 0 saturated carbocycles. The Morgan fingerprint density at radius 1 is 0.957 bits per heavy atom. The number of benzene rings is 3. The number of alkyl halides is 3. The van der Waals surface area contributed by atoms with E-state index in [4.69, 9.17) is 4.74 Å². The van der Waals surface area contributed by atoms with Gasteiger partial charge in [0.2, 0.25) is 15.9 Å². The van der Waals surface area contributed by atoms with Crippen LogP contribution in [0.1, 0.15) is 74.9 Å². The summed E-state index contributed by atoms with van der Waals surface area (Å²) in [4.78, 5) is 15.3. The van der Waals surface area contributed by atoms with Crippen molar-refractivity contribution in [1.29, 1.82) is 0 Å². The Kier molecular flexibility index (Phi) is 11.9. The van der Waals surface area contributed by atoms with Crippen molar-refractivity contribution in [3.8, 4) is 5.75 Å². The number of fused-ring (bicyclic) bond motifs is 1. The van der Waals surface area contributed by atoms with Gasteiger partial charge in [-0.05, 0) is 53.6 Å². The molecule has 1 amide bonds. The Morgan fingerprint density at radius 3 is 2.30 bits per heavy atom. The highest BCUT2D eigenvalue weighted by Gasteiger charge is 2.33. The summed E-state index contributed by atoms with van der Waals surface area (Å²) in [5, 5.41) is 3.03. The van der Waals surface area contributed by atoms with E-state index in [0.717, 1.165) is 61.1 Å². The molecule has 7 nitrogen and oxygen atoms in total. The van der Waals surface area contributed by atoms with Gasteiger partial charge >= 0.3 is 6.18 Å². The van der Waals surface area contributed by atoms with E-state index in [0.29, 0.717) is 36.5 Å². The van der Waals surface area contributed by atoms with E-state index in [2.05, 4.69) is 48.7 Å². The van der Waals surface area contributed by atoms with Crippen molar-refractivity contribution >= 4 is 15.9 Å². The number of hydrogen-bond donors (Lipinski definition) is 2. The van der Waals surface area contributed by atoms with Gasteiger partial charge in [0.25, 0.3) is 0 Å². The lowest BCUT2D eigenvalue weighted by atomic mass is 9.97. The van der Waals surface area contributed by atoms with E-state index < -0.39 is 38.6 Å². The van der Waals surface area contributed by atoms with Crippen LogP contribution in [0.5, 0.6) is 5.75 Å². The van der Waals surface area contributed by atoms with Gasteiger partial charge in [-0.1, -0.05) is 76.2 Å². The smallest absolute Gasteiger partial charge is 0.416 e. The van der Waals surface area contributed by atoms with Crippen molar-refractivity contribution in [1.82, 2.24) is 14.9 Å². The first-order valence-electron chi connectivity index (χ1n) is 15.7. The number of ether oxygens (including phenoxy) is 1. The molecule has 0 bridgehead atoms. The molecule has 11 heteroatoms. The highest BCUT2D eigenvalue weighted by Crippen LogP contribution is 2.34. The highest BCUT2D eigenvalue weighted by molar-refractivity contribution is 7.89. The number of amides is 1. The number of halogens is 3. The van der Waals surface area contributed by atoms with Crippen LogP contribution in [0.3, 0.4) is 0 Å². The van der Waals surface area contributed by atoms with Gasteiger partial charge in [-0.15, -0.1) is 0 Å².